The van der Waals surface area contributed by atoms with Crippen molar-refractivity contribution in [3.63, 3.8) is 0 Å². The molecule has 0 fully saturated rings. The van der Waals surface area contributed by atoms with Crippen LogP contribution in [-0.2, 0) is 6.54 Å². The van der Waals surface area contributed by atoms with Gasteiger partial charge in [-0.3, -0.25) is 4.99 Å². The average molecular weight is 461 g/mol. The molecule has 136 valence electrons. The number of nitrogens with zero attached hydrogens (tertiary/aromatic N) is 1. The molecule has 0 aromatic heterocycles. The van der Waals surface area contributed by atoms with E-state index in [0.717, 1.165) is 24.3 Å². The highest BCUT2D eigenvalue weighted by molar-refractivity contribution is 14.0. The molecule has 0 amide bonds. The predicted octanol–water partition coefficient (Wildman–Crippen LogP) is 3.72. The zero-order valence-corrected chi connectivity index (χ0v) is 16.3. The quantitative estimate of drug-likeness (QED) is 0.286. The number of hydrogen-bond acceptors (Lipinski definition) is 2. The van der Waals surface area contributed by atoms with Gasteiger partial charge in [-0.05, 0) is 36.8 Å². The highest BCUT2D eigenvalue weighted by Crippen LogP contribution is 2.09. The summed E-state index contributed by atoms with van der Waals surface area (Å²) in [4.78, 5) is 4.05. The van der Waals surface area contributed by atoms with Crippen LogP contribution in [0, 0.1) is 11.6 Å². The summed E-state index contributed by atoms with van der Waals surface area (Å²) in [5.41, 5.74) is 0.255. The zero-order valence-electron chi connectivity index (χ0n) is 14.0. The fourth-order valence-corrected chi connectivity index (χ4v) is 2.06. The van der Waals surface area contributed by atoms with Gasteiger partial charge in [0.25, 0.3) is 0 Å². The van der Waals surface area contributed by atoms with E-state index in [9.17, 15) is 8.78 Å². The van der Waals surface area contributed by atoms with Crippen molar-refractivity contribution >= 4 is 29.9 Å². The maximum absolute atomic E-state index is 13.6. The molecule has 2 N–H and O–H groups in total. The molecule has 0 heterocycles. The van der Waals surface area contributed by atoms with Gasteiger partial charge in [0, 0.05) is 25.7 Å². The number of guanidine groups is 1. The molecule has 2 aromatic rings. The van der Waals surface area contributed by atoms with Gasteiger partial charge >= 0.3 is 0 Å². The number of aliphatic imine (C=N–C) groups is 1. The van der Waals surface area contributed by atoms with Gasteiger partial charge in [0.05, 0.1) is 6.61 Å². The minimum Gasteiger partial charge on any atom is -0.494 e. The highest BCUT2D eigenvalue weighted by Gasteiger charge is 2.05. The summed E-state index contributed by atoms with van der Waals surface area (Å²) in [6, 6.07) is 13.0. The van der Waals surface area contributed by atoms with Crippen LogP contribution in [-0.4, -0.2) is 26.2 Å². The van der Waals surface area contributed by atoms with E-state index in [2.05, 4.69) is 15.6 Å². The normalized spacial score (nSPS) is 10.8. The third-order valence-electron chi connectivity index (χ3n) is 3.30. The Morgan fingerprint density at radius 2 is 1.84 bits per heavy atom. The summed E-state index contributed by atoms with van der Waals surface area (Å²) in [6.07, 6.45) is 0.782. The molecular formula is C18H22F2IN3O. The fourth-order valence-electron chi connectivity index (χ4n) is 2.06. The Labute approximate surface area is 163 Å². The Bertz CT molecular complexity index is 669. The van der Waals surface area contributed by atoms with Crippen LogP contribution >= 0.6 is 24.0 Å². The van der Waals surface area contributed by atoms with Crippen LogP contribution in [0.15, 0.2) is 53.5 Å². The van der Waals surface area contributed by atoms with Gasteiger partial charge in [0.15, 0.2) is 5.96 Å². The molecule has 2 rings (SSSR count). The van der Waals surface area contributed by atoms with E-state index in [0.29, 0.717) is 19.1 Å². The molecule has 0 unspecified atom stereocenters. The fraction of sp³-hybridized carbons (Fsp3) is 0.278. The summed E-state index contributed by atoms with van der Waals surface area (Å²) < 4.78 is 32.3. The van der Waals surface area contributed by atoms with E-state index >= 15 is 0 Å². The van der Waals surface area contributed by atoms with E-state index in [1.54, 1.807) is 7.05 Å². The molecular weight excluding hydrogens is 439 g/mol. The lowest BCUT2D eigenvalue weighted by molar-refractivity contribution is 0.311. The molecule has 25 heavy (non-hydrogen) atoms. The molecule has 0 aliphatic carbocycles. The molecule has 0 bridgehead atoms. The van der Waals surface area contributed by atoms with Gasteiger partial charge in [0.2, 0.25) is 0 Å². The first-order chi connectivity index (χ1) is 11.7. The molecule has 0 aliphatic heterocycles. The first kappa shape index (κ1) is 21.1. The van der Waals surface area contributed by atoms with Crippen molar-refractivity contribution < 1.29 is 13.5 Å². The van der Waals surface area contributed by atoms with E-state index in [1.807, 2.05) is 30.3 Å². The number of ether oxygens (including phenoxy) is 1. The minimum atomic E-state index is -0.464. The third kappa shape index (κ3) is 7.68. The van der Waals surface area contributed by atoms with Gasteiger partial charge in [0.1, 0.15) is 17.4 Å². The summed E-state index contributed by atoms with van der Waals surface area (Å²) in [7, 11) is 1.62. The largest absolute Gasteiger partial charge is 0.494 e. The lowest BCUT2D eigenvalue weighted by Gasteiger charge is -2.12. The number of para-hydroxylation sites is 1. The van der Waals surface area contributed by atoms with Gasteiger partial charge in [-0.1, -0.05) is 18.2 Å². The maximum atomic E-state index is 13.6. The van der Waals surface area contributed by atoms with Crippen molar-refractivity contribution in [3.8, 4) is 5.75 Å². The molecule has 0 radical (unpaired) electrons. The molecule has 4 nitrogen and oxygen atoms in total. The van der Waals surface area contributed by atoms with Gasteiger partial charge in [-0.2, -0.15) is 0 Å². The summed E-state index contributed by atoms with van der Waals surface area (Å²) in [6.45, 7) is 1.38. The number of benzene rings is 2. The minimum absolute atomic E-state index is 0. The van der Waals surface area contributed by atoms with Gasteiger partial charge in [-0.25, -0.2) is 8.78 Å². The summed E-state index contributed by atoms with van der Waals surface area (Å²) >= 11 is 0. The standard InChI is InChI=1S/C18H21F2N3O.HI/c1-21-18(23-13-14-12-15(19)8-9-17(14)20)22-10-5-11-24-16-6-3-2-4-7-16;/h2-4,6-9,12H,5,10-11,13H2,1H3,(H2,21,22,23);1H. The Morgan fingerprint density at radius 1 is 1.08 bits per heavy atom. The zero-order chi connectivity index (χ0) is 17.2. The van der Waals surface area contributed by atoms with Crippen molar-refractivity contribution in [2.75, 3.05) is 20.2 Å². The molecule has 2 aromatic carbocycles. The lowest BCUT2D eigenvalue weighted by Crippen LogP contribution is -2.37. The maximum Gasteiger partial charge on any atom is 0.191 e. The van der Waals surface area contributed by atoms with Crippen LogP contribution in [0.3, 0.4) is 0 Å². The van der Waals surface area contributed by atoms with Crippen molar-refractivity contribution in [2.24, 2.45) is 4.99 Å². The molecule has 0 saturated carbocycles. The van der Waals surface area contributed by atoms with Crippen LogP contribution in [0.25, 0.3) is 0 Å². The van der Waals surface area contributed by atoms with E-state index in [1.165, 1.54) is 6.07 Å². The third-order valence-corrected chi connectivity index (χ3v) is 3.30. The van der Waals surface area contributed by atoms with Crippen molar-refractivity contribution in [2.45, 2.75) is 13.0 Å². The van der Waals surface area contributed by atoms with E-state index in [4.69, 9.17) is 4.74 Å². The van der Waals surface area contributed by atoms with Crippen molar-refractivity contribution in [1.29, 1.82) is 0 Å². The summed E-state index contributed by atoms with van der Waals surface area (Å²) in [5, 5.41) is 6.06. The monoisotopic (exact) mass is 461 g/mol. The number of rotatable bonds is 7. The Balaban J connectivity index is 0.00000312. The van der Waals surface area contributed by atoms with Crippen LogP contribution in [0.1, 0.15) is 12.0 Å². The molecule has 0 spiro atoms. The topological polar surface area (TPSA) is 45.7 Å². The highest BCUT2D eigenvalue weighted by atomic mass is 127. The Morgan fingerprint density at radius 3 is 2.56 bits per heavy atom. The molecule has 0 atom stereocenters. The Kier molecular flexibility index (Phi) is 9.83. The van der Waals surface area contributed by atoms with Crippen LogP contribution in [0.4, 0.5) is 8.78 Å². The summed E-state index contributed by atoms with van der Waals surface area (Å²) in [5.74, 6) is 0.449. The van der Waals surface area contributed by atoms with Crippen LogP contribution in [0.5, 0.6) is 5.75 Å². The Hall–Kier alpha value is -1.90. The molecule has 7 heteroatoms. The van der Waals surface area contributed by atoms with Gasteiger partial charge in [-0.15, -0.1) is 24.0 Å². The van der Waals surface area contributed by atoms with Crippen LogP contribution in [0.2, 0.25) is 0 Å². The number of halogens is 3. The molecule has 0 saturated heterocycles. The average Bonchev–Trinajstić information content (AvgIpc) is 2.61. The second-order valence-corrected chi connectivity index (χ2v) is 5.10. The first-order valence-electron chi connectivity index (χ1n) is 7.75. The smallest absolute Gasteiger partial charge is 0.191 e. The SMILES string of the molecule is CN=C(NCCCOc1ccccc1)NCc1cc(F)ccc1F.I. The molecule has 0 aliphatic rings. The second-order valence-electron chi connectivity index (χ2n) is 5.10. The predicted molar refractivity (Wildman–Crippen MR) is 107 cm³/mol. The number of nitrogens with one attached hydrogen (secondary N) is 2. The van der Waals surface area contributed by atoms with Crippen molar-refractivity contribution in [3.05, 3.63) is 65.7 Å². The van der Waals surface area contributed by atoms with E-state index in [-0.39, 0.29) is 36.1 Å². The van der Waals surface area contributed by atoms with Gasteiger partial charge < -0.3 is 15.4 Å². The van der Waals surface area contributed by atoms with Crippen molar-refractivity contribution in [1.82, 2.24) is 10.6 Å². The first-order valence-corrected chi connectivity index (χ1v) is 7.75. The van der Waals surface area contributed by atoms with E-state index < -0.39 is 11.6 Å². The van der Waals surface area contributed by atoms with Crippen LogP contribution < -0.4 is 15.4 Å². The number of hydrogen-bond donors (Lipinski definition) is 2. The second kappa shape index (κ2) is 11.6. The lowest BCUT2D eigenvalue weighted by atomic mass is 10.2.